The van der Waals surface area contributed by atoms with Crippen LogP contribution in [0.3, 0.4) is 0 Å². The van der Waals surface area contributed by atoms with Gasteiger partial charge >= 0.3 is 5.69 Å². The Morgan fingerprint density at radius 3 is 2.61 bits per heavy atom. The summed E-state index contributed by atoms with van der Waals surface area (Å²) < 4.78 is 9.65. The van der Waals surface area contributed by atoms with Crippen molar-refractivity contribution in [2.24, 2.45) is 0 Å². The summed E-state index contributed by atoms with van der Waals surface area (Å²) in [5.41, 5.74) is 2.17. The number of para-hydroxylation sites is 1. The van der Waals surface area contributed by atoms with Crippen molar-refractivity contribution in [3.8, 4) is 0 Å². The molecule has 8 heteroatoms. The van der Waals surface area contributed by atoms with Crippen LogP contribution in [0.2, 0.25) is 0 Å². The molecule has 172 valence electrons. The largest absolute Gasteiger partial charge is 0.379 e. The molecule has 4 rings (SSSR count). The van der Waals surface area contributed by atoms with Crippen LogP contribution in [0, 0.1) is 13.8 Å². The monoisotopic (exact) mass is 448 g/mol. The van der Waals surface area contributed by atoms with E-state index in [2.05, 4.69) is 5.10 Å². The minimum absolute atomic E-state index is 0.0938. The molecule has 0 aliphatic heterocycles. The van der Waals surface area contributed by atoms with Crippen molar-refractivity contribution in [1.82, 2.24) is 18.7 Å². The highest BCUT2D eigenvalue weighted by atomic mass is 16.5. The third-order valence-electron chi connectivity index (χ3n) is 5.65. The minimum atomic E-state index is -0.452. The number of ether oxygens (including phenoxy) is 1. The highest BCUT2D eigenvalue weighted by Gasteiger charge is 2.19. The van der Waals surface area contributed by atoms with Crippen LogP contribution in [0.5, 0.6) is 0 Å². The van der Waals surface area contributed by atoms with Gasteiger partial charge in [-0.3, -0.25) is 14.2 Å². The van der Waals surface area contributed by atoms with Crippen LogP contribution in [0.25, 0.3) is 16.7 Å². The Kier molecular flexibility index (Phi) is 6.29. The van der Waals surface area contributed by atoms with Gasteiger partial charge in [0.2, 0.25) is 5.78 Å². The summed E-state index contributed by atoms with van der Waals surface area (Å²) in [6.45, 7) is 8.32. The van der Waals surface area contributed by atoms with E-state index in [1.807, 2.05) is 45.9 Å². The minimum Gasteiger partial charge on any atom is -0.379 e. The summed E-state index contributed by atoms with van der Waals surface area (Å²) in [6, 6.07) is 12.6. The second kappa shape index (κ2) is 9.15. The van der Waals surface area contributed by atoms with Crippen LogP contribution < -0.4 is 11.2 Å². The maximum absolute atomic E-state index is 13.3. The van der Waals surface area contributed by atoms with Gasteiger partial charge in [-0.15, -0.1) is 5.10 Å². The van der Waals surface area contributed by atoms with Crippen LogP contribution in [-0.2, 0) is 17.8 Å². The number of carbonyl (C=O) groups excluding carboxylic acids is 1. The molecule has 2 heterocycles. The molecule has 0 aliphatic rings. The summed E-state index contributed by atoms with van der Waals surface area (Å²) in [5.74, 6) is 0.0206. The lowest BCUT2D eigenvalue weighted by Crippen LogP contribution is -2.28. The lowest BCUT2D eigenvalue weighted by atomic mass is 10.0. The number of rotatable bonds is 8. The highest BCUT2D eigenvalue weighted by Crippen LogP contribution is 2.14. The van der Waals surface area contributed by atoms with Gasteiger partial charge in [-0.05, 0) is 57.9 Å². The molecule has 0 radical (unpaired) electrons. The lowest BCUT2D eigenvalue weighted by Gasteiger charge is -2.11. The fraction of sp³-hybridized carbons (Fsp3) is 0.360. The van der Waals surface area contributed by atoms with E-state index in [-0.39, 0.29) is 29.8 Å². The van der Waals surface area contributed by atoms with Crippen molar-refractivity contribution in [3.63, 3.8) is 0 Å². The Labute approximate surface area is 191 Å². The quantitative estimate of drug-likeness (QED) is 0.305. The molecule has 2 aromatic heterocycles. The molecule has 0 spiro atoms. The zero-order chi connectivity index (χ0) is 23.7. The molecule has 2 aromatic carbocycles. The van der Waals surface area contributed by atoms with Gasteiger partial charge in [-0.1, -0.05) is 29.8 Å². The van der Waals surface area contributed by atoms with E-state index in [4.69, 9.17) is 4.74 Å². The predicted molar refractivity (Wildman–Crippen MR) is 127 cm³/mol. The van der Waals surface area contributed by atoms with Gasteiger partial charge in [0.1, 0.15) is 6.54 Å². The zero-order valence-electron chi connectivity index (χ0n) is 19.4. The van der Waals surface area contributed by atoms with Gasteiger partial charge in [-0.25, -0.2) is 13.9 Å². The first-order chi connectivity index (χ1) is 15.8. The van der Waals surface area contributed by atoms with Gasteiger partial charge in [0, 0.05) is 18.7 Å². The van der Waals surface area contributed by atoms with E-state index >= 15 is 0 Å². The summed E-state index contributed by atoms with van der Waals surface area (Å²) in [7, 11) is 0. The van der Waals surface area contributed by atoms with E-state index in [9.17, 15) is 14.4 Å². The fourth-order valence-corrected chi connectivity index (χ4v) is 3.97. The molecule has 0 saturated carbocycles. The third-order valence-corrected chi connectivity index (χ3v) is 5.65. The SMILES string of the molecule is Cc1ccc(C)c(C(=O)Cn2nc3n(CCCOC(C)C)c(=O)c4ccccc4n3c2=O)c1. The molecule has 0 fully saturated rings. The van der Waals surface area contributed by atoms with E-state index in [0.717, 1.165) is 15.8 Å². The first-order valence-corrected chi connectivity index (χ1v) is 11.1. The molecule has 33 heavy (non-hydrogen) atoms. The number of ketones is 1. The molecule has 0 unspecified atom stereocenters. The van der Waals surface area contributed by atoms with Crippen LogP contribution in [0.15, 0.2) is 52.1 Å². The Balaban J connectivity index is 1.80. The number of nitrogens with zero attached hydrogens (tertiary/aromatic N) is 4. The molecule has 8 nitrogen and oxygen atoms in total. The van der Waals surface area contributed by atoms with Crippen molar-refractivity contribution in [2.75, 3.05) is 6.61 Å². The number of Topliss-reactive ketones (excluding diaryl/α,β-unsaturated/α-hetero) is 1. The number of fused-ring (bicyclic) bond motifs is 3. The zero-order valence-corrected chi connectivity index (χ0v) is 19.4. The average molecular weight is 449 g/mol. The van der Waals surface area contributed by atoms with Gasteiger partial charge in [0.15, 0.2) is 5.78 Å². The first kappa shape index (κ1) is 22.7. The summed E-state index contributed by atoms with van der Waals surface area (Å²) >= 11 is 0. The highest BCUT2D eigenvalue weighted by molar-refractivity contribution is 5.97. The molecular formula is C25H28N4O4. The maximum Gasteiger partial charge on any atom is 0.352 e. The molecule has 0 aliphatic carbocycles. The van der Waals surface area contributed by atoms with Crippen molar-refractivity contribution >= 4 is 22.5 Å². The molecule has 4 aromatic rings. The van der Waals surface area contributed by atoms with E-state index in [0.29, 0.717) is 36.0 Å². The van der Waals surface area contributed by atoms with Crippen molar-refractivity contribution in [3.05, 3.63) is 80.0 Å². The smallest absolute Gasteiger partial charge is 0.352 e. The Hall–Kier alpha value is -3.52. The first-order valence-electron chi connectivity index (χ1n) is 11.1. The Morgan fingerprint density at radius 2 is 1.85 bits per heavy atom. The van der Waals surface area contributed by atoms with Crippen LogP contribution in [-0.4, -0.2) is 37.2 Å². The van der Waals surface area contributed by atoms with Gasteiger partial charge in [0.05, 0.1) is 17.0 Å². The maximum atomic E-state index is 13.3. The van der Waals surface area contributed by atoms with Crippen molar-refractivity contribution in [1.29, 1.82) is 0 Å². The lowest BCUT2D eigenvalue weighted by molar-refractivity contribution is 0.0748. The average Bonchev–Trinajstić information content (AvgIpc) is 3.10. The topological polar surface area (TPSA) is 87.6 Å². The standard InChI is InChI=1S/C25H28N4O4/c1-16(2)33-13-7-12-27-23(31)19-8-5-6-9-21(19)29-24(27)26-28(25(29)32)15-22(30)20-14-17(3)10-11-18(20)4/h5-6,8-11,14,16H,7,12-13,15H2,1-4H3. The number of carbonyl (C=O) groups is 1. The predicted octanol–water partition coefficient (Wildman–Crippen LogP) is 3.13. The summed E-state index contributed by atoms with van der Waals surface area (Å²) in [4.78, 5) is 39.5. The number of hydrogen-bond donors (Lipinski definition) is 0. The summed E-state index contributed by atoms with van der Waals surface area (Å²) in [5, 5.41) is 4.85. The van der Waals surface area contributed by atoms with E-state index in [1.54, 1.807) is 24.3 Å². The third kappa shape index (κ3) is 4.39. The normalized spacial score (nSPS) is 11.7. The van der Waals surface area contributed by atoms with Gasteiger partial charge < -0.3 is 4.74 Å². The molecule has 0 N–H and O–H groups in total. The fourth-order valence-electron chi connectivity index (χ4n) is 3.97. The number of benzene rings is 2. The Bertz CT molecular complexity index is 1460. The van der Waals surface area contributed by atoms with E-state index in [1.165, 1.54) is 8.97 Å². The van der Waals surface area contributed by atoms with Crippen molar-refractivity contribution < 1.29 is 9.53 Å². The van der Waals surface area contributed by atoms with Crippen LogP contribution >= 0.6 is 0 Å². The molecule has 0 amide bonds. The second-order valence-corrected chi connectivity index (χ2v) is 8.56. The van der Waals surface area contributed by atoms with Crippen molar-refractivity contribution in [2.45, 2.75) is 53.3 Å². The number of aromatic nitrogens is 4. The number of hydrogen-bond acceptors (Lipinski definition) is 5. The van der Waals surface area contributed by atoms with Gasteiger partial charge in [0.25, 0.3) is 5.56 Å². The molecule has 0 bridgehead atoms. The van der Waals surface area contributed by atoms with E-state index < -0.39 is 5.69 Å². The molecule has 0 atom stereocenters. The number of aryl methyl sites for hydroxylation is 3. The van der Waals surface area contributed by atoms with Crippen LogP contribution in [0.1, 0.15) is 41.8 Å². The Morgan fingerprint density at radius 1 is 1.09 bits per heavy atom. The molecule has 0 saturated heterocycles. The van der Waals surface area contributed by atoms with Gasteiger partial charge in [-0.2, -0.15) is 0 Å². The molecular weight excluding hydrogens is 420 g/mol. The van der Waals surface area contributed by atoms with Crippen LogP contribution in [0.4, 0.5) is 0 Å². The second-order valence-electron chi connectivity index (χ2n) is 8.56. The summed E-state index contributed by atoms with van der Waals surface area (Å²) in [6.07, 6.45) is 0.686.